The standard InChI is InChI=1S/C28H45N3O8/c1-2-3-4-5-6-7-8-9-10-11-12-13-14-15-16-17-22(32)30-28(37)38-19-21-23(33)24(34)25(39-21)20-18-29-27(36)31-26(20)35/h9-10,18,21,23-25,33-34H,2-8,11-17,19H2,1H3,(H,30,32,37)(H2,29,31,35,36)/b10-9-/t21-,23-,24-,25+/m1/s1. The Morgan fingerprint density at radius 1 is 0.949 bits per heavy atom. The SMILES string of the molecule is CCCCCCCC/C=C\CCCCCCCC(=O)NC(=O)OC[C@H]1O[C@@H](c2c[nH]c(=O)[nH]c2=O)[C@H](O)[C@@H]1O. The van der Waals surface area contributed by atoms with Crippen LogP contribution in [0.5, 0.6) is 0 Å². The van der Waals surface area contributed by atoms with Gasteiger partial charge in [-0.05, 0) is 32.1 Å². The van der Waals surface area contributed by atoms with Gasteiger partial charge in [0.1, 0.15) is 31.0 Å². The van der Waals surface area contributed by atoms with E-state index in [0.717, 1.165) is 44.7 Å². The van der Waals surface area contributed by atoms with Crippen molar-refractivity contribution in [1.29, 1.82) is 0 Å². The Morgan fingerprint density at radius 3 is 2.21 bits per heavy atom. The zero-order chi connectivity index (χ0) is 28.5. The molecule has 39 heavy (non-hydrogen) atoms. The minimum Gasteiger partial charge on any atom is -0.446 e. The number of rotatable bonds is 18. The molecule has 220 valence electrons. The summed E-state index contributed by atoms with van der Waals surface area (Å²) in [7, 11) is 0. The highest BCUT2D eigenvalue weighted by Gasteiger charge is 2.45. The van der Waals surface area contributed by atoms with Crippen LogP contribution in [0.2, 0.25) is 0 Å². The van der Waals surface area contributed by atoms with Crippen LogP contribution in [-0.4, -0.2) is 57.1 Å². The maximum Gasteiger partial charge on any atom is 0.413 e. The molecule has 2 heterocycles. The molecule has 0 aliphatic carbocycles. The number of amides is 2. The number of allylic oxidation sites excluding steroid dienone is 2. The first-order valence-corrected chi connectivity index (χ1v) is 14.3. The molecule has 2 amide bonds. The van der Waals surface area contributed by atoms with E-state index in [0.29, 0.717) is 6.42 Å². The second-order valence-corrected chi connectivity index (χ2v) is 10.1. The summed E-state index contributed by atoms with van der Waals surface area (Å²) in [6.45, 7) is 1.79. The summed E-state index contributed by atoms with van der Waals surface area (Å²) in [5.41, 5.74) is -1.57. The van der Waals surface area contributed by atoms with Crippen LogP contribution in [0.15, 0.2) is 27.9 Å². The number of carbonyl (C=O) groups is 2. The highest BCUT2D eigenvalue weighted by Crippen LogP contribution is 2.31. The van der Waals surface area contributed by atoms with Gasteiger partial charge in [-0.1, -0.05) is 70.4 Å². The summed E-state index contributed by atoms with van der Waals surface area (Å²) in [5, 5.41) is 22.5. The zero-order valence-electron chi connectivity index (χ0n) is 23.0. The van der Waals surface area contributed by atoms with Crippen molar-refractivity contribution in [1.82, 2.24) is 15.3 Å². The fourth-order valence-corrected chi connectivity index (χ4v) is 4.50. The monoisotopic (exact) mass is 551 g/mol. The molecule has 0 bridgehead atoms. The predicted octanol–water partition coefficient (Wildman–Crippen LogP) is 3.52. The number of hydrogen-bond acceptors (Lipinski definition) is 8. The average molecular weight is 552 g/mol. The largest absolute Gasteiger partial charge is 0.446 e. The second kappa shape index (κ2) is 18.5. The molecule has 5 N–H and O–H groups in total. The van der Waals surface area contributed by atoms with Gasteiger partial charge in [0.25, 0.3) is 5.56 Å². The maximum absolute atomic E-state index is 12.0. The van der Waals surface area contributed by atoms with E-state index in [9.17, 15) is 29.4 Å². The van der Waals surface area contributed by atoms with E-state index in [1.807, 2.05) is 4.98 Å². The van der Waals surface area contributed by atoms with Gasteiger partial charge in [-0.2, -0.15) is 0 Å². The molecular weight excluding hydrogens is 506 g/mol. The van der Waals surface area contributed by atoms with Crippen LogP contribution in [0.1, 0.15) is 108 Å². The summed E-state index contributed by atoms with van der Waals surface area (Å²) in [6, 6.07) is 0. The molecular formula is C28H45N3O8. The first kappa shape index (κ1) is 32.5. The van der Waals surface area contributed by atoms with Crippen LogP contribution in [0.3, 0.4) is 0 Å². The number of hydrogen-bond donors (Lipinski definition) is 5. The number of aliphatic hydroxyl groups is 2. The highest BCUT2D eigenvalue weighted by atomic mass is 16.6. The molecule has 0 saturated carbocycles. The number of H-pyrrole nitrogens is 2. The number of imide groups is 1. The molecule has 1 aliphatic heterocycles. The number of aromatic nitrogens is 2. The second-order valence-electron chi connectivity index (χ2n) is 10.1. The van der Waals surface area contributed by atoms with Gasteiger partial charge in [-0.3, -0.25) is 19.9 Å². The van der Waals surface area contributed by atoms with E-state index in [4.69, 9.17) is 9.47 Å². The molecule has 11 nitrogen and oxygen atoms in total. The number of ether oxygens (including phenoxy) is 2. The Hall–Kier alpha value is -2.76. The zero-order valence-corrected chi connectivity index (χ0v) is 23.0. The molecule has 0 radical (unpaired) electrons. The van der Waals surface area contributed by atoms with Gasteiger partial charge in [0.15, 0.2) is 0 Å². The molecule has 1 aromatic rings. The lowest BCUT2D eigenvalue weighted by Crippen LogP contribution is -2.37. The number of unbranched alkanes of at least 4 members (excludes halogenated alkanes) is 11. The third-order valence-electron chi connectivity index (χ3n) is 6.80. The fourth-order valence-electron chi connectivity index (χ4n) is 4.50. The Morgan fingerprint density at radius 2 is 1.56 bits per heavy atom. The van der Waals surface area contributed by atoms with Crippen LogP contribution >= 0.6 is 0 Å². The molecule has 0 aromatic carbocycles. The van der Waals surface area contributed by atoms with Crippen molar-refractivity contribution < 1.29 is 29.3 Å². The molecule has 1 aliphatic rings. The first-order valence-electron chi connectivity index (χ1n) is 14.3. The Balaban J connectivity index is 1.51. The molecule has 1 aromatic heterocycles. The molecule has 1 fully saturated rings. The van der Waals surface area contributed by atoms with Crippen LogP contribution < -0.4 is 16.6 Å². The summed E-state index contributed by atoms with van der Waals surface area (Å²) in [5.74, 6) is -0.455. The van der Waals surface area contributed by atoms with Crippen molar-refractivity contribution in [3.05, 3.63) is 44.8 Å². The van der Waals surface area contributed by atoms with Gasteiger partial charge in [0.2, 0.25) is 5.91 Å². The lowest BCUT2D eigenvalue weighted by molar-refractivity contribution is -0.120. The van der Waals surface area contributed by atoms with E-state index in [-0.39, 0.29) is 12.0 Å². The Labute approximate surface area is 229 Å². The van der Waals surface area contributed by atoms with Crippen molar-refractivity contribution in [3.8, 4) is 0 Å². The highest BCUT2D eigenvalue weighted by molar-refractivity contribution is 5.91. The molecule has 11 heteroatoms. The van der Waals surface area contributed by atoms with Gasteiger partial charge < -0.3 is 24.7 Å². The van der Waals surface area contributed by atoms with Crippen molar-refractivity contribution >= 4 is 12.0 Å². The quantitative estimate of drug-likeness (QED) is 0.136. The van der Waals surface area contributed by atoms with Crippen LogP contribution in [0, 0.1) is 0 Å². The smallest absolute Gasteiger partial charge is 0.413 e. The van der Waals surface area contributed by atoms with Crippen molar-refractivity contribution in [2.45, 2.75) is 121 Å². The van der Waals surface area contributed by atoms with Gasteiger partial charge in [-0.25, -0.2) is 9.59 Å². The normalized spacial score (nSPS) is 20.9. The van der Waals surface area contributed by atoms with Crippen LogP contribution in [0.4, 0.5) is 4.79 Å². The summed E-state index contributed by atoms with van der Waals surface area (Å²) in [6.07, 6.45) is 14.6. The number of nitrogens with one attached hydrogen (secondary N) is 3. The van der Waals surface area contributed by atoms with E-state index in [1.165, 1.54) is 38.5 Å². The predicted molar refractivity (Wildman–Crippen MR) is 146 cm³/mol. The van der Waals surface area contributed by atoms with Gasteiger partial charge in [0.05, 0.1) is 5.56 Å². The van der Waals surface area contributed by atoms with E-state index < -0.39 is 54.3 Å². The Bertz CT molecular complexity index is 1010. The summed E-state index contributed by atoms with van der Waals surface area (Å²) >= 11 is 0. The fraction of sp³-hybridized carbons (Fsp3) is 0.714. The molecule has 0 spiro atoms. The van der Waals surface area contributed by atoms with Crippen molar-refractivity contribution in [2.24, 2.45) is 0 Å². The van der Waals surface area contributed by atoms with Crippen molar-refractivity contribution in [2.75, 3.05) is 6.61 Å². The van der Waals surface area contributed by atoms with E-state index in [1.54, 1.807) is 0 Å². The maximum atomic E-state index is 12.0. The van der Waals surface area contributed by atoms with Gasteiger partial charge in [-0.15, -0.1) is 0 Å². The minimum atomic E-state index is -1.48. The average Bonchev–Trinajstić information content (AvgIpc) is 3.18. The molecule has 1 saturated heterocycles. The Kier molecular flexibility index (Phi) is 15.4. The van der Waals surface area contributed by atoms with Gasteiger partial charge >= 0.3 is 11.8 Å². The minimum absolute atomic E-state index is 0.0803. The first-order chi connectivity index (χ1) is 18.8. The topological polar surface area (TPSA) is 171 Å². The number of carbonyl (C=O) groups excluding carboxylic acids is 2. The van der Waals surface area contributed by atoms with E-state index >= 15 is 0 Å². The molecule has 2 rings (SSSR count). The number of alkyl carbamates (subject to hydrolysis) is 1. The van der Waals surface area contributed by atoms with Crippen LogP contribution in [-0.2, 0) is 14.3 Å². The third-order valence-corrected chi connectivity index (χ3v) is 6.80. The van der Waals surface area contributed by atoms with Crippen molar-refractivity contribution in [3.63, 3.8) is 0 Å². The van der Waals surface area contributed by atoms with Crippen LogP contribution in [0.25, 0.3) is 0 Å². The third kappa shape index (κ3) is 12.3. The summed E-state index contributed by atoms with van der Waals surface area (Å²) < 4.78 is 10.4. The molecule has 0 unspecified atom stereocenters. The lowest BCUT2D eigenvalue weighted by Gasteiger charge is -2.14. The van der Waals surface area contributed by atoms with Gasteiger partial charge in [0, 0.05) is 12.6 Å². The number of aromatic amines is 2. The lowest BCUT2D eigenvalue weighted by atomic mass is 10.0. The van der Waals surface area contributed by atoms with E-state index in [2.05, 4.69) is 29.4 Å². The summed E-state index contributed by atoms with van der Waals surface area (Å²) in [4.78, 5) is 51.3. The molecule has 4 atom stereocenters. The number of aliphatic hydroxyl groups excluding tert-OH is 2.